The lowest BCUT2D eigenvalue weighted by molar-refractivity contribution is -0.120. The van der Waals surface area contributed by atoms with Gasteiger partial charge in [0.1, 0.15) is 6.61 Å². The van der Waals surface area contributed by atoms with Crippen molar-refractivity contribution in [2.24, 2.45) is 0 Å². The van der Waals surface area contributed by atoms with Gasteiger partial charge in [-0.1, -0.05) is 35.3 Å². The van der Waals surface area contributed by atoms with Gasteiger partial charge in [-0.15, -0.1) is 0 Å². The van der Waals surface area contributed by atoms with E-state index in [1.807, 2.05) is 24.3 Å². The van der Waals surface area contributed by atoms with Crippen LogP contribution in [-0.4, -0.2) is 25.6 Å². The number of ether oxygens (including phenoxy) is 2. The van der Waals surface area contributed by atoms with Crippen LogP contribution in [0.25, 0.3) is 0 Å². The Bertz CT molecular complexity index is 798. The van der Waals surface area contributed by atoms with Crippen LogP contribution < -0.4 is 20.1 Å². The molecular weight excluding hydrogens is 375 g/mol. The second-order valence-electron chi connectivity index (χ2n) is 6.04. The molecule has 1 aliphatic rings. The highest BCUT2D eigenvalue weighted by atomic mass is 35.5. The molecule has 7 heteroatoms. The fraction of sp³-hybridized carbons (Fsp3) is 0.316. The highest BCUT2D eigenvalue weighted by molar-refractivity contribution is 6.42. The molecule has 1 aliphatic heterocycles. The maximum absolute atomic E-state index is 11.6. The molecule has 0 aliphatic carbocycles. The molecule has 1 unspecified atom stereocenters. The molecule has 1 fully saturated rings. The van der Waals surface area contributed by atoms with E-state index in [9.17, 15) is 4.79 Å². The molecule has 2 aromatic carbocycles. The SMILES string of the molecule is COc1cc(CNC2CCNC2=O)ccc1OCc1ccc(Cl)c(Cl)c1. The second-order valence-corrected chi connectivity index (χ2v) is 6.85. The molecule has 138 valence electrons. The minimum absolute atomic E-state index is 0.0542. The minimum Gasteiger partial charge on any atom is -0.493 e. The number of benzene rings is 2. The largest absolute Gasteiger partial charge is 0.493 e. The average Bonchev–Trinajstić information content (AvgIpc) is 3.06. The van der Waals surface area contributed by atoms with Crippen molar-refractivity contribution in [2.75, 3.05) is 13.7 Å². The molecule has 1 atom stereocenters. The van der Waals surface area contributed by atoms with Gasteiger partial charge in [0.2, 0.25) is 5.91 Å². The van der Waals surface area contributed by atoms with E-state index >= 15 is 0 Å². The van der Waals surface area contributed by atoms with E-state index in [1.165, 1.54) is 0 Å². The third kappa shape index (κ3) is 4.61. The first kappa shape index (κ1) is 18.8. The fourth-order valence-corrected chi connectivity index (χ4v) is 3.08. The van der Waals surface area contributed by atoms with E-state index in [0.717, 1.165) is 24.1 Å². The lowest BCUT2D eigenvalue weighted by atomic mass is 10.1. The summed E-state index contributed by atoms with van der Waals surface area (Å²) >= 11 is 12.0. The number of nitrogens with one attached hydrogen (secondary N) is 2. The summed E-state index contributed by atoms with van der Waals surface area (Å²) in [5, 5.41) is 7.08. The molecule has 1 heterocycles. The maximum atomic E-state index is 11.6. The molecule has 0 aromatic heterocycles. The van der Waals surface area contributed by atoms with Crippen molar-refractivity contribution in [3.8, 4) is 11.5 Å². The number of hydrogen-bond acceptors (Lipinski definition) is 4. The van der Waals surface area contributed by atoms with Gasteiger partial charge in [0, 0.05) is 13.1 Å². The zero-order valence-corrected chi connectivity index (χ0v) is 15.9. The molecule has 2 N–H and O–H groups in total. The van der Waals surface area contributed by atoms with Crippen molar-refractivity contribution in [1.82, 2.24) is 10.6 Å². The van der Waals surface area contributed by atoms with Crippen molar-refractivity contribution in [2.45, 2.75) is 25.6 Å². The van der Waals surface area contributed by atoms with Crippen molar-refractivity contribution in [3.05, 3.63) is 57.6 Å². The Hall–Kier alpha value is -1.95. The van der Waals surface area contributed by atoms with Crippen LogP contribution in [0.2, 0.25) is 10.0 Å². The Balaban J connectivity index is 1.62. The van der Waals surface area contributed by atoms with Crippen LogP contribution in [0.5, 0.6) is 11.5 Å². The molecule has 0 bridgehead atoms. The normalized spacial score (nSPS) is 16.4. The van der Waals surface area contributed by atoms with Crippen molar-refractivity contribution >= 4 is 29.1 Å². The zero-order chi connectivity index (χ0) is 18.5. The van der Waals surface area contributed by atoms with Gasteiger partial charge in [-0.05, 0) is 41.8 Å². The Labute approximate surface area is 162 Å². The van der Waals surface area contributed by atoms with Gasteiger partial charge in [-0.2, -0.15) is 0 Å². The quantitative estimate of drug-likeness (QED) is 0.753. The molecule has 0 spiro atoms. The maximum Gasteiger partial charge on any atom is 0.237 e. The summed E-state index contributed by atoms with van der Waals surface area (Å²) in [7, 11) is 1.60. The van der Waals surface area contributed by atoms with Crippen molar-refractivity contribution < 1.29 is 14.3 Å². The van der Waals surface area contributed by atoms with E-state index in [2.05, 4.69) is 10.6 Å². The molecule has 2 aromatic rings. The Kier molecular flexibility index (Phi) is 6.25. The smallest absolute Gasteiger partial charge is 0.237 e. The topological polar surface area (TPSA) is 59.6 Å². The van der Waals surface area contributed by atoms with E-state index in [1.54, 1.807) is 19.2 Å². The molecule has 0 radical (unpaired) electrons. The third-order valence-corrected chi connectivity index (χ3v) is 4.95. The molecule has 3 rings (SSSR count). The summed E-state index contributed by atoms with van der Waals surface area (Å²) in [6.45, 7) is 1.66. The third-order valence-electron chi connectivity index (χ3n) is 4.21. The van der Waals surface area contributed by atoms with E-state index in [-0.39, 0.29) is 11.9 Å². The lowest BCUT2D eigenvalue weighted by Crippen LogP contribution is -2.35. The summed E-state index contributed by atoms with van der Waals surface area (Å²) < 4.78 is 11.3. The van der Waals surface area contributed by atoms with E-state index < -0.39 is 0 Å². The zero-order valence-electron chi connectivity index (χ0n) is 14.4. The van der Waals surface area contributed by atoms with Gasteiger partial charge in [0.05, 0.1) is 23.2 Å². The first-order chi connectivity index (χ1) is 12.6. The predicted molar refractivity (Wildman–Crippen MR) is 102 cm³/mol. The molecule has 0 saturated carbocycles. The highest BCUT2D eigenvalue weighted by Gasteiger charge is 2.23. The first-order valence-corrected chi connectivity index (χ1v) is 9.07. The lowest BCUT2D eigenvalue weighted by Gasteiger charge is -2.14. The Morgan fingerprint density at radius 2 is 1.92 bits per heavy atom. The van der Waals surface area contributed by atoms with Crippen LogP contribution in [-0.2, 0) is 17.9 Å². The van der Waals surface area contributed by atoms with Gasteiger partial charge in [-0.3, -0.25) is 4.79 Å². The van der Waals surface area contributed by atoms with Crippen LogP contribution in [0.15, 0.2) is 36.4 Å². The predicted octanol–water partition coefficient (Wildman–Crippen LogP) is 3.56. The van der Waals surface area contributed by atoms with Crippen molar-refractivity contribution in [1.29, 1.82) is 0 Å². The number of rotatable bonds is 7. The number of amides is 1. The van der Waals surface area contributed by atoms with E-state index in [4.69, 9.17) is 32.7 Å². The van der Waals surface area contributed by atoms with E-state index in [0.29, 0.717) is 34.7 Å². The molecule has 1 amide bonds. The Morgan fingerprint density at radius 1 is 1.12 bits per heavy atom. The summed E-state index contributed by atoms with van der Waals surface area (Å²) in [5.41, 5.74) is 1.93. The monoisotopic (exact) mass is 394 g/mol. The van der Waals surface area contributed by atoms with Crippen LogP contribution in [0.1, 0.15) is 17.5 Å². The van der Waals surface area contributed by atoms with Gasteiger partial charge in [-0.25, -0.2) is 0 Å². The van der Waals surface area contributed by atoms with Crippen LogP contribution in [0, 0.1) is 0 Å². The molecule has 5 nitrogen and oxygen atoms in total. The van der Waals surface area contributed by atoms with Crippen LogP contribution in [0.3, 0.4) is 0 Å². The number of methoxy groups -OCH3 is 1. The van der Waals surface area contributed by atoms with Crippen LogP contribution in [0.4, 0.5) is 0 Å². The summed E-state index contributed by atoms with van der Waals surface area (Å²) in [4.78, 5) is 11.6. The van der Waals surface area contributed by atoms with Gasteiger partial charge >= 0.3 is 0 Å². The number of carbonyl (C=O) groups excluding carboxylic acids is 1. The standard InChI is InChI=1S/C19H20Cl2N2O3/c1-25-18-9-12(10-23-16-6-7-22-19(16)24)3-5-17(18)26-11-13-2-4-14(20)15(21)8-13/h2-5,8-9,16,23H,6-7,10-11H2,1H3,(H,22,24). The average molecular weight is 395 g/mol. The summed E-state index contributed by atoms with van der Waals surface area (Å²) in [6, 6.07) is 11.0. The summed E-state index contributed by atoms with van der Waals surface area (Å²) in [5.74, 6) is 1.33. The summed E-state index contributed by atoms with van der Waals surface area (Å²) in [6.07, 6.45) is 0.806. The van der Waals surface area contributed by atoms with Gasteiger partial charge in [0.25, 0.3) is 0 Å². The molecule has 1 saturated heterocycles. The minimum atomic E-state index is -0.133. The Morgan fingerprint density at radius 3 is 2.62 bits per heavy atom. The molecular formula is C19H20Cl2N2O3. The number of hydrogen-bond donors (Lipinski definition) is 2. The highest BCUT2D eigenvalue weighted by Crippen LogP contribution is 2.30. The fourth-order valence-electron chi connectivity index (χ4n) is 2.76. The molecule has 26 heavy (non-hydrogen) atoms. The number of halogens is 2. The van der Waals surface area contributed by atoms with Gasteiger partial charge in [0.15, 0.2) is 11.5 Å². The first-order valence-electron chi connectivity index (χ1n) is 8.31. The second kappa shape index (κ2) is 8.62. The van der Waals surface area contributed by atoms with Crippen molar-refractivity contribution in [3.63, 3.8) is 0 Å². The van der Waals surface area contributed by atoms with Gasteiger partial charge < -0.3 is 20.1 Å². The van der Waals surface area contributed by atoms with Crippen LogP contribution >= 0.6 is 23.2 Å². The number of carbonyl (C=O) groups is 1.